The lowest BCUT2D eigenvalue weighted by Gasteiger charge is -2.37. The Morgan fingerprint density at radius 2 is 1.81 bits per heavy atom. The van der Waals surface area contributed by atoms with Crippen molar-refractivity contribution in [2.45, 2.75) is 38.1 Å². The van der Waals surface area contributed by atoms with Gasteiger partial charge in [0.2, 0.25) is 0 Å². The first-order valence-corrected chi connectivity index (χ1v) is 8.70. The van der Waals surface area contributed by atoms with Crippen LogP contribution in [0.4, 0.5) is 4.39 Å². The summed E-state index contributed by atoms with van der Waals surface area (Å²) in [5.74, 6) is -0.157. The van der Waals surface area contributed by atoms with E-state index in [2.05, 4.69) is 12.2 Å². The lowest BCUT2D eigenvalue weighted by atomic mass is 9.77. The molecule has 5 nitrogen and oxygen atoms in total. The maximum Gasteiger partial charge on any atom is 0.331 e. The zero-order chi connectivity index (χ0) is 18.7. The van der Waals surface area contributed by atoms with Gasteiger partial charge in [-0.2, -0.15) is 0 Å². The highest BCUT2D eigenvalue weighted by atomic mass is 19.1. The molecule has 2 aromatic rings. The van der Waals surface area contributed by atoms with E-state index in [4.69, 9.17) is 9.15 Å². The summed E-state index contributed by atoms with van der Waals surface area (Å²) in [6.45, 7) is 2.13. The number of furan rings is 1. The Morgan fingerprint density at radius 3 is 2.42 bits per heavy atom. The summed E-state index contributed by atoms with van der Waals surface area (Å²) < 4.78 is 23.6. The number of hydrogen-bond donors (Lipinski definition) is 1. The van der Waals surface area contributed by atoms with Crippen LogP contribution in [0.2, 0.25) is 0 Å². The molecule has 1 saturated carbocycles. The van der Waals surface area contributed by atoms with Gasteiger partial charge in [0.25, 0.3) is 5.91 Å². The summed E-state index contributed by atoms with van der Waals surface area (Å²) in [4.78, 5) is 25.0. The number of rotatable bonds is 4. The average Bonchev–Trinajstić information content (AvgIpc) is 3.14. The second kappa shape index (κ2) is 7.32. The van der Waals surface area contributed by atoms with E-state index >= 15 is 0 Å². The molecule has 3 rings (SSSR count). The Bertz CT molecular complexity index is 788. The zero-order valence-corrected chi connectivity index (χ0v) is 14.9. The fraction of sp³-hybridized carbons (Fsp3) is 0.400. The maximum absolute atomic E-state index is 13.0. The van der Waals surface area contributed by atoms with Gasteiger partial charge in [-0.3, -0.25) is 4.79 Å². The number of carbonyl (C=O) groups is 2. The lowest BCUT2D eigenvalue weighted by Crippen LogP contribution is -2.56. The van der Waals surface area contributed by atoms with Crippen LogP contribution >= 0.6 is 0 Å². The molecule has 0 bridgehead atoms. The van der Waals surface area contributed by atoms with E-state index in [-0.39, 0.29) is 11.6 Å². The number of methoxy groups -OCH3 is 1. The zero-order valence-electron chi connectivity index (χ0n) is 14.9. The van der Waals surface area contributed by atoms with E-state index in [0.717, 1.165) is 12.8 Å². The van der Waals surface area contributed by atoms with Crippen molar-refractivity contribution < 1.29 is 23.1 Å². The van der Waals surface area contributed by atoms with E-state index < -0.39 is 17.4 Å². The van der Waals surface area contributed by atoms with Crippen LogP contribution in [-0.2, 0) is 9.53 Å². The minimum Gasteiger partial charge on any atom is -0.467 e. The van der Waals surface area contributed by atoms with Gasteiger partial charge in [0.05, 0.1) is 7.11 Å². The number of halogens is 1. The topological polar surface area (TPSA) is 68.5 Å². The molecule has 0 aliphatic heterocycles. The number of carbonyl (C=O) groups excluding carboxylic acids is 2. The molecule has 0 saturated heterocycles. The normalized spacial score (nSPS) is 22.7. The molecule has 0 radical (unpaired) electrons. The summed E-state index contributed by atoms with van der Waals surface area (Å²) in [5, 5.41) is 2.83. The molecule has 6 heteroatoms. The van der Waals surface area contributed by atoms with Crippen LogP contribution in [0.3, 0.4) is 0 Å². The highest BCUT2D eigenvalue weighted by Crippen LogP contribution is 2.33. The van der Waals surface area contributed by atoms with Crippen LogP contribution in [0.25, 0.3) is 11.3 Å². The molecule has 26 heavy (non-hydrogen) atoms. The van der Waals surface area contributed by atoms with Crippen LogP contribution in [-0.4, -0.2) is 24.5 Å². The molecule has 1 amide bonds. The van der Waals surface area contributed by atoms with Crippen molar-refractivity contribution >= 4 is 11.9 Å². The predicted octanol–water partition coefficient (Wildman–Crippen LogP) is 3.94. The third-order valence-electron chi connectivity index (χ3n) is 5.02. The van der Waals surface area contributed by atoms with E-state index in [1.165, 1.54) is 19.2 Å². The smallest absolute Gasteiger partial charge is 0.331 e. The third-order valence-corrected chi connectivity index (χ3v) is 5.02. The van der Waals surface area contributed by atoms with Crippen LogP contribution in [0.5, 0.6) is 0 Å². The summed E-state index contributed by atoms with van der Waals surface area (Å²) >= 11 is 0. The van der Waals surface area contributed by atoms with E-state index in [1.54, 1.807) is 24.3 Å². The molecule has 1 aromatic carbocycles. The second-order valence-electron chi connectivity index (χ2n) is 6.88. The molecular formula is C20H22FNO4. The summed E-state index contributed by atoms with van der Waals surface area (Å²) in [7, 11) is 1.33. The minimum absolute atomic E-state index is 0.103. The first-order valence-electron chi connectivity index (χ1n) is 8.70. The molecular weight excluding hydrogens is 337 g/mol. The first-order chi connectivity index (χ1) is 12.4. The SMILES string of the molecule is COC(=O)C1(NC(=O)c2ccc(-c3ccc(F)cc3)o2)CCC(C)CC1. The Balaban J connectivity index is 1.78. The van der Waals surface area contributed by atoms with Crippen molar-refractivity contribution in [3.8, 4) is 11.3 Å². The fourth-order valence-corrected chi connectivity index (χ4v) is 3.34. The quantitative estimate of drug-likeness (QED) is 0.840. The third kappa shape index (κ3) is 3.64. The van der Waals surface area contributed by atoms with Crippen molar-refractivity contribution in [2.24, 2.45) is 5.92 Å². The van der Waals surface area contributed by atoms with Crippen molar-refractivity contribution in [1.29, 1.82) is 0 Å². The number of esters is 1. The first kappa shape index (κ1) is 18.2. The molecule has 1 aliphatic carbocycles. The van der Waals surface area contributed by atoms with E-state index in [9.17, 15) is 14.0 Å². The van der Waals surface area contributed by atoms with Crippen molar-refractivity contribution in [2.75, 3.05) is 7.11 Å². The van der Waals surface area contributed by atoms with Gasteiger partial charge in [-0.1, -0.05) is 6.92 Å². The summed E-state index contributed by atoms with van der Waals surface area (Å²) in [6.07, 6.45) is 2.76. The highest BCUT2D eigenvalue weighted by molar-refractivity contribution is 5.96. The Hall–Kier alpha value is -2.63. The van der Waals surface area contributed by atoms with Gasteiger partial charge in [-0.15, -0.1) is 0 Å². The van der Waals surface area contributed by atoms with E-state index in [1.807, 2.05) is 0 Å². The Morgan fingerprint density at radius 1 is 1.15 bits per heavy atom. The molecule has 138 valence electrons. The molecule has 1 fully saturated rings. The van der Waals surface area contributed by atoms with Crippen LogP contribution in [0.1, 0.15) is 43.2 Å². The summed E-state index contributed by atoms with van der Waals surface area (Å²) in [6, 6.07) is 9.00. The molecule has 0 spiro atoms. The molecule has 1 heterocycles. The Labute approximate surface area is 151 Å². The molecule has 1 aliphatic rings. The van der Waals surface area contributed by atoms with Crippen molar-refractivity contribution in [1.82, 2.24) is 5.32 Å². The van der Waals surface area contributed by atoms with Gasteiger partial charge in [0.15, 0.2) is 5.76 Å². The molecule has 0 atom stereocenters. The van der Waals surface area contributed by atoms with Crippen LogP contribution < -0.4 is 5.32 Å². The van der Waals surface area contributed by atoms with Gasteiger partial charge in [-0.25, -0.2) is 9.18 Å². The van der Waals surface area contributed by atoms with Gasteiger partial charge in [0, 0.05) is 5.56 Å². The van der Waals surface area contributed by atoms with Crippen LogP contribution in [0.15, 0.2) is 40.8 Å². The van der Waals surface area contributed by atoms with Crippen molar-refractivity contribution in [3.63, 3.8) is 0 Å². The predicted molar refractivity (Wildman–Crippen MR) is 93.9 cm³/mol. The maximum atomic E-state index is 13.0. The number of ether oxygens (including phenoxy) is 1. The van der Waals surface area contributed by atoms with Crippen molar-refractivity contribution in [3.05, 3.63) is 48.0 Å². The van der Waals surface area contributed by atoms with Crippen LogP contribution in [0, 0.1) is 11.7 Å². The molecule has 1 aromatic heterocycles. The summed E-state index contributed by atoms with van der Waals surface area (Å²) in [5.41, 5.74) is -0.346. The highest BCUT2D eigenvalue weighted by Gasteiger charge is 2.43. The standard InChI is InChI=1S/C20H22FNO4/c1-13-9-11-20(12-10-13,19(24)25-2)22-18(23)17-8-7-16(26-17)14-3-5-15(21)6-4-14/h3-8,13H,9-12H2,1-2H3,(H,22,23). The Kier molecular flexibility index (Phi) is 5.11. The second-order valence-corrected chi connectivity index (χ2v) is 6.88. The number of nitrogens with one attached hydrogen (secondary N) is 1. The van der Waals surface area contributed by atoms with Gasteiger partial charge < -0.3 is 14.5 Å². The lowest BCUT2D eigenvalue weighted by molar-refractivity contribution is -0.150. The number of amides is 1. The van der Waals surface area contributed by atoms with Gasteiger partial charge in [0.1, 0.15) is 17.1 Å². The number of hydrogen-bond acceptors (Lipinski definition) is 4. The fourth-order valence-electron chi connectivity index (χ4n) is 3.34. The average molecular weight is 359 g/mol. The van der Waals surface area contributed by atoms with E-state index in [0.29, 0.717) is 30.1 Å². The number of benzene rings is 1. The minimum atomic E-state index is -1.01. The molecule has 1 N–H and O–H groups in total. The monoisotopic (exact) mass is 359 g/mol. The van der Waals surface area contributed by atoms with Gasteiger partial charge >= 0.3 is 5.97 Å². The molecule has 0 unspecified atom stereocenters. The van der Waals surface area contributed by atoms with Gasteiger partial charge in [-0.05, 0) is 68.0 Å². The largest absolute Gasteiger partial charge is 0.467 e.